The highest BCUT2D eigenvalue weighted by Gasteiger charge is 2.41. The Bertz CT molecular complexity index is 1100. The summed E-state index contributed by atoms with van der Waals surface area (Å²) in [6.07, 6.45) is -5.82. The first-order valence-electron chi connectivity index (χ1n) is 10.2. The van der Waals surface area contributed by atoms with Crippen LogP contribution in [-0.4, -0.2) is 54.1 Å². The topological polar surface area (TPSA) is 81.7 Å². The Kier molecular flexibility index (Phi) is 5.62. The average molecular weight is 466 g/mol. The number of alkyl halides is 4. The summed E-state index contributed by atoms with van der Waals surface area (Å²) in [5.41, 5.74) is 3.48. The molecule has 1 aromatic heterocycles. The Morgan fingerprint density at radius 2 is 1.88 bits per heavy atom. The van der Waals surface area contributed by atoms with E-state index in [1.165, 1.54) is 18.9 Å². The molecule has 0 radical (unpaired) electrons. The average Bonchev–Trinajstić information content (AvgIpc) is 3.11. The van der Waals surface area contributed by atoms with Crippen molar-refractivity contribution in [3.05, 3.63) is 41.2 Å². The number of amides is 2. The Morgan fingerprint density at radius 3 is 2.48 bits per heavy atom. The first-order chi connectivity index (χ1) is 15.4. The molecule has 3 heterocycles. The second-order valence-electron chi connectivity index (χ2n) is 8.19. The molecule has 2 aromatic rings. The minimum Gasteiger partial charge on any atom is -0.365 e. The lowest BCUT2D eigenvalue weighted by Crippen LogP contribution is -2.49. The molecule has 2 aliphatic rings. The fraction of sp³-hybridized carbons (Fsp3) is 0.429. The van der Waals surface area contributed by atoms with Crippen molar-refractivity contribution in [1.29, 1.82) is 0 Å². The van der Waals surface area contributed by atoms with Gasteiger partial charge in [-0.25, -0.2) is 19.4 Å². The molecule has 2 amide bonds. The zero-order chi connectivity index (χ0) is 24.1. The van der Waals surface area contributed by atoms with Crippen molar-refractivity contribution in [2.24, 2.45) is 0 Å². The number of carbonyl (C=O) groups is 2. The predicted molar refractivity (Wildman–Crippen MR) is 112 cm³/mol. The molecule has 176 valence electrons. The number of carbonyl (C=O) groups excluding carboxylic acids is 2. The van der Waals surface area contributed by atoms with Gasteiger partial charge in [0.15, 0.2) is 0 Å². The molecule has 8 nitrogen and oxygen atoms in total. The quantitative estimate of drug-likeness (QED) is 0.698. The van der Waals surface area contributed by atoms with Crippen LogP contribution in [0.2, 0.25) is 0 Å². The largest absolute Gasteiger partial charge is 0.433 e. The summed E-state index contributed by atoms with van der Waals surface area (Å²) in [7, 11) is 1.51. The first-order valence-corrected chi connectivity index (χ1v) is 10.2. The summed E-state index contributed by atoms with van der Waals surface area (Å²) < 4.78 is 52.8. The molecule has 12 heteroatoms. The van der Waals surface area contributed by atoms with Gasteiger partial charge in [-0.3, -0.25) is 15.0 Å². The molecular formula is C21H22F4N6O2. The summed E-state index contributed by atoms with van der Waals surface area (Å²) in [6, 6.07) is 4.91. The van der Waals surface area contributed by atoms with Crippen molar-refractivity contribution in [3.8, 4) is 0 Å². The van der Waals surface area contributed by atoms with Crippen molar-refractivity contribution >= 4 is 29.1 Å². The van der Waals surface area contributed by atoms with E-state index < -0.39 is 41.8 Å². The summed E-state index contributed by atoms with van der Waals surface area (Å²) in [5, 5.41) is 0.978. The maximum absolute atomic E-state index is 13.2. The number of benzene rings is 1. The maximum atomic E-state index is 13.2. The molecule has 4 rings (SSSR count). The summed E-state index contributed by atoms with van der Waals surface area (Å²) in [6.45, 7) is 3.84. The molecule has 0 aliphatic carbocycles. The van der Waals surface area contributed by atoms with Crippen LogP contribution in [0.4, 0.5) is 34.9 Å². The normalized spacial score (nSPS) is 18.9. The van der Waals surface area contributed by atoms with Crippen molar-refractivity contribution in [1.82, 2.24) is 15.4 Å². The zero-order valence-corrected chi connectivity index (χ0v) is 18.1. The van der Waals surface area contributed by atoms with Gasteiger partial charge in [0, 0.05) is 24.1 Å². The molecule has 2 saturated heterocycles. The molecular weight excluding hydrogens is 444 g/mol. The van der Waals surface area contributed by atoms with Crippen molar-refractivity contribution in [2.75, 3.05) is 34.9 Å². The van der Waals surface area contributed by atoms with Crippen molar-refractivity contribution in [3.63, 3.8) is 0 Å². The fourth-order valence-corrected chi connectivity index (χ4v) is 3.89. The Hall–Kier alpha value is -3.44. The number of nitrogens with one attached hydrogen (secondary N) is 1. The van der Waals surface area contributed by atoms with Crippen LogP contribution in [0.3, 0.4) is 0 Å². The number of aromatic nitrogens is 2. The lowest BCUT2D eigenvalue weighted by Gasteiger charge is -2.37. The van der Waals surface area contributed by atoms with E-state index in [9.17, 15) is 27.2 Å². The number of aryl methyl sites for hydroxylation is 2. The summed E-state index contributed by atoms with van der Waals surface area (Å²) in [4.78, 5) is 36.0. The zero-order valence-electron chi connectivity index (χ0n) is 18.1. The van der Waals surface area contributed by atoms with Gasteiger partial charge >= 0.3 is 6.18 Å². The minimum atomic E-state index is -4.71. The van der Waals surface area contributed by atoms with E-state index in [0.29, 0.717) is 18.8 Å². The Labute approximate surface area is 187 Å². The second-order valence-corrected chi connectivity index (χ2v) is 8.19. The number of hydrogen-bond acceptors (Lipinski definition) is 6. The molecule has 33 heavy (non-hydrogen) atoms. The Morgan fingerprint density at radius 1 is 1.18 bits per heavy atom. The lowest BCUT2D eigenvalue weighted by molar-refractivity contribution is -0.141. The molecule has 1 N–H and O–H groups in total. The van der Waals surface area contributed by atoms with Crippen LogP contribution >= 0.6 is 0 Å². The minimum absolute atomic E-state index is 0.0424. The van der Waals surface area contributed by atoms with E-state index >= 15 is 0 Å². The summed E-state index contributed by atoms with van der Waals surface area (Å²) >= 11 is 0. The third-order valence-electron chi connectivity index (χ3n) is 5.64. The van der Waals surface area contributed by atoms with Crippen LogP contribution in [-0.2, 0) is 15.8 Å². The predicted octanol–water partition coefficient (Wildman–Crippen LogP) is 2.54. The van der Waals surface area contributed by atoms with Crippen LogP contribution in [0.25, 0.3) is 0 Å². The van der Waals surface area contributed by atoms with E-state index in [-0.39, 0.29) is 12.1 Å². The van der Waals surface area contributed by atoms with Crippen LogP contribution in [0.15, 0.2) is 24.3 Å². The highest BCUT2D eigenvalue weighted by Crippen LogP contribution is 2.32. The monoisotopic (exact) mass is 466 g/mol. The number of likely N-dealkylation sites (N-methyl/N-ethyl adjacent to an activating group) is 1. The van der Waals surface area contributed by atoms with Crippen LogP contribution in [0, 0.1) is 13.8 Å². The van der Waals surface area contributed by atoms with E-state index in [1.807, 2.05) is 11.8 Å². The standard InChI is InChI=1S/C21H22F4N6O2/c1-11-6-14(4-5-15(11)30-9-13(22)10-30)29(3)19(33)16-8-18(32)28-31(16)20-26-12(2)7-17(27-20)21(23,24)25/h4-7,13,16H,8-10H2,1-3H3,(H,28,32). The SMILES string of the molecule is Cc1cc(C(F)(F)F)nc(N2NC(=O)CC2C(=O)N(C)c2ccc(N3CC(F)C3)c(C)c2)n1. The smallest absolute Gasteiger partial charge is 0.365 e. The number of hydrogen-bond donors (Lipinski definition) is 1. The van der Waals surface area contributed by atoms with Gasteiger partial charge in [0.2, 0.25) is 11.9 Å². The maximum Gasteiger partial charge on any atom is 0.433 e. The van der Waals surface area contributed by atoms with Crippen molar-refractivity contribution < 1.29 is 27.2 Å². The van der Waals surface area contributed by atoms with E-state index in [2.05, 4.69) is 15.4 Å². The van der Waals surface area contributed by atoms with E-state index in [4.69, 9.17) is 0 Å². The van der Waals surface area contributed by atoms with E-state index in [1.54, 1.807) is 18.2 Å². The second kappa shape index (κ2) is 8.16. The van der Waals surface area contributed by atoms with Gasteiger partial charge in [-0.1, -0.05) is 0 Å². The molecule has 0 spiro atoms. The number of halogens is 4. The van der Waals surface area contributed by atoms with Gasteiger partial charge < -0.3 is 9.80 Å². The van der Waals surface area contributed by atoms with Gasteiger partial charge in [0.05, 0.1) is 19.5 Å². The van der Waals surface area contributed by atoms with Gasteiger partial charge in [0.1, 0.15) is 17.9 Å². The van der Waals surface area contributed by atoms with Gasteiger partial charge in [-0.15, -0.1) is 0 Å². The van der Waals surface area contributed by atoms with Crippen molar-refractivity contribution in [2.45, 2.75) is 38.7 Å². The number of nitrogens with zero attached hydrogens (tertiary/aromatic N) is 5. The van der Waals surface area contributed by atoms with Crippen LogP contribution in [0.5, 0.6) is 0 Å². The highest BCUT2D eigenvalue weighted by atomic mass is 19.4. The molecule has 2 aliphatic heterocycles. The molecule has 1 atom stereocenters. The molecule has 2 fully saturated rings. The highest BCUT2D eigenvalue weighted by molar-refractivity contribution is 6.03. The lowest BCUT2D eigenvalue weighted by atomic mass is 10.1. The number of anilines is 3. The number of hydrazine groups is 1. The van der Waals surface area contributed by atoms with Gasteiger partial charge in [-0.2, -0.15) is 13.2 Å². The first kappa shape index (κ1) is 22.7. The van der Waals surface area contributed by atoms with E-state index in [0.717, 1.165) is 22.3 Å². The third kappa shape index (κ3) is 4.41. The van der Waals surface area contributed by atoms with Gasteiger partial charge in [-0.05, 0) is 43.7 Å². The number of rotatable bonds is 4. The Balaban J connectivity index is 1.59. The van der Waals surface area contributed by atoms with Crippen LogP contribution in [0.1, 0.15) is 23.4 Å². The summed E-state index contributed by atoms with van der Waals surface area (Å²) in [5.74, 6) is -1.47. The van der Waals surface area contributed by atoms with Gasteiger partial charge in [0.25, 0.3) is 5.91 Å². The molecule has 0 saturated carbocycles. The molecule has 1 unspecified atom stereocenters. The van der Waals surface area contributed by atoms with Crippen LogP contribution < -0.4 is 20.2 Å². The molecule has 1 aromatic carbocycles. The fourth-order valence-electron chi connectivity index (χ4n) is 3.89. The molecule has 0 bridgehead atoms. The third-order valence-corrected chi connectivity index (χ3v) is 5.64.